The fourth-order valence-electron chi connectivity index (χ4n) is 4.77. The Kier molecular flexibility index (Phi) is 6.66. The van der Waals surface area contributed by atoms with Crippen molar-refractivity contribution in [2.75, 3.05) is 18.5 Å². The molecule has 0 fully saturated rings. The maximum atomic E-state index is 12.3. The van der Waals surface area contributed by atoms with Gasteiger partial charge in [0.1, 0.15) is 17.0 Å². The molecule has 0 spiro atoms. The summed E-state index contributed by atoms with van der Waals surface area (Å²) in [4.78, 5) is 21.6. The number of pyridine rings is 1. The minimum atomic E-state index is -0.225. The van der Waals surface area contributed by atoms with Crippen LogP contribution in [0.4, 0.5) is 5.95 Å². The van der Waals surface area contributed by atoms with Gasteiger partial charge in [0.25, 0.3) is 5.91 Å². The number of rotatable bonds is 8. The third-order valence-electron chi connectivity index (χ3n) is 6.49. The summed E-state index contributed by atoms with van der Waals surface area (Å²) in [7, 11) is 0. The summed E-state index contributed by atoms with van der Waals surface area (Å²) >= 11 is 0. The van der Waals surface area contributed by atoms with E-state index in [0.717, 1.165) is 27.6 Å². The number of imidazole rings is 1. The van der Waals surface area contributed by atoms with Crippen molar-refractivity contribution in [2.24, 2.45) is 0 Å². The highest BCUT2D eigenvalue weighted by Crippen LogP contribution is 2.40. The van der Waals surface area contributed by atoms with Gasteiger partial charge in [-0.3, -0.25) is 15.1 Å². The number of hydrogen-bond acceptors (Lipinski definition) is 8. The number of hydrogen-bond donors (Lipinski definition) is 2. The summed E-state index contributed by atoms with van der Waals surface area (Å²) < 4.78 is 13.5. The smallest absolute Gasteiger partial charge is 0.257 e. The number of benzene rings is 2. The molecule has 0 saturated heterocycles. The van der Waals surface area contributed by atoms with Crippen molar-refractivity contribution in [1.29, 1.82) is 5.26 Å². The number of anilines is 1. The molecular weight excluding hydrogens is 482 g/mol. The fraction of sp³-hybridized carbons (Fsp3) is 0.250. The van der Waals surface area contributed by atoms with E-state index in [1.807, 2.05) is 74.0 Å². The first kappa shape index (κ1) is 24.8. The van der Waals surface area contributed by atoms with Crippen molar-refractivity contribution >= 4 is 33.8 Å². The zero-order valence-electron chi connectivity index (χ0n) is 21.6. The number of aryl methyl sites for hydroxylation is 2. The topological polar surface area (TPSA) is 131 Å². The molecule has 2 aromatic carbocycles. The van der Waals surface area contributed by atoms with Crippen LogP contribution in [0.1, 0.15) is 36.9 Å². The van der Waals surface area contributed by atoms with Gasteiger partial charge in [-0.05, 0) is 45.4 Å². The molecule has 0 aliphatic rings. The predicted molar refractivity (Wildman–Crippen MR) is 144 cm³/mol. The fourth-order valence-corrected chi connectivity index (χ4v) is 4.77. The second kappa shape index (κ2) is 10.2. The lowest BCUT2D eigenvalue weighted by molar-refractivity contribution is -0.122. The molecule has 0 aliphatic carbocycles. The van der Waals surface area contributed by atoms with Crippen LogP contribution in [-0.4, -0.2) is 38.8 Å². The number of nitriles is 1. The highest BCUT2D eigenvalue weighted by molar-refractivity contribution is 6.06. The molecule has 3 heterocycles. The van der Waals surface area contributed by atoms with E-state index in [2.05, 4.69) is 32.7 Å². The number of fused-ring (bicyclic) bond motifs is 3. The Morgan fingerprint density at radius 1 is 1.21 bits per heavy atom. The lowest BCUT2D eigenvalue weighted by atomic mass is 10.00. The zero-order valence-corrected chi connectivity index (χ0v) is 21.6. The summed E-state index contributed by atoms with van der Waals surface area (Å²) in [6, 6.07) is 13.6. The Bertz CT molecular complexity index is 1660. The molecule has 2 N–H and O–H groups in total. The van der Waals surface area contributed by atoms with Crippen molar-refractivity contribution in [3.63, 3.8) is 0 Å². The second-order valence-electron chi connectivity index (χ2n) is 8.93. The van der Waals surface area contributed by atoms with Gasteiger partial charge in [-0.15, -0.1) is 0 Å². The Labute approximate surface area is 219 Å². The normalized spacial score (nSPS) is 11.9. The monoisotopic (exact) mass is 509 g/mol. The lowest BCUT2D eigenvalue weighted by Crippen LogP contribution is -2.28. The summed E-state index contributed by atoms with van der Waals surface area (Å²) in [5.74, 6) is 1.31. The van der Waals surface area contributed by atoms with E-state index in [4.69, 9.17) is 9.26 Å². The molecule has 38 heavy (non-hydrogen) atoms. The molecule has 0 aliphatic heterocycles. The number of nitrogens with one attached hydrogen (secondary N) is 2. The first-order chi connectivity index (χ1) is 18.4. The van der Waals surface area contributed by atoms with Crippen molar-refractivity contribution < 1.29 is 14.1 Å². The van der Waals surface area contributed by atoms with Crippen LogP contribution in [0.3, 0.4) is 0 Å². The third-order valence-corrected chi connectivity index (χ3v) is 6.49. The first-order valence-corrected chi connectivity index (χ1v) is 12.3. The number of likely N-dealkylation sites (N-methyl/N-ethyl adjacent to an activating group) is 1. The third kappa shape index (κ3) is 4.39. The SMILES string of the molecule is CCNC(=O)COc1cc2c(cc1-c1c(C)noc1C)ncc1nc(NC#N)n([C@H](C)c3ccccc3)c12. The standard InChI is InChI=1S/C28H27N7O3/c1-5-30-25(36)14-37-24-12-20-22(11-21(24)26-16(2)34-38-18(26)4)31-13-23-27(20)35(28(33-23)32-15-29)17(3)19-9-7-6-8-10-19/h6-13,17H,5,14H2,1-4H3,(H,30,36)(H,32,33)/t17-/m1/s1. The van der Waals surface area contributed by atoms with Crippen molar-refractivity contribution in [1.82, 2.24) is 25.0 Å². The molecule has 192 valence electrons. The Balaban J connectivity index is 1.77. The Morgan fingerprint density at radius 2 is 2.00 bits per heavy atom. The summed E-state index contributed by atoms with van der Waals surface area (Å²) in [5, 5.41) is 19.8. The van der Waals surface area contributed by atoms with Gasteiger partial charge in [0.2, 0.25) is 5.95 Å². The quantitative estimate of drug-likeness (QED) is 0.224. The molecule has 1 atom stereocenters. The minimum Gasteiger partial charge on any atom is -0.483 e. The van der Waals surface area contributed by atoms with Crippen molar-refractivity contribution in [3.05, 3.63) is 65.7 Å². The molecule has 0 unspecified atom stereocenters. The van der Waals surface area contributed by atoms with E-state index in [1.54, 1.807) is 6.20 Å². The van der Waals surface area contributed by atoms with Crippen molar-refractivity contribution in [3.8, 4) is 23.1 Å². The number of carbonyl (C=O) groups is 1. The molecule has 5 rings (SSSR count). The molecule has 0 radical (unpaired) electrons. The van der Waals surface area contributed by atoms with Crippen LogP contribution in [0.2, 0.25) is 0 Å². The number of amides is 1. The molecular formula is C28H27N7O3. The Hall–Kier alpha value is -4.91. The first-order valence-electron chi connectivity index (χ1n) is 12.3. The van der Waals surface area contributed by atoms with Crippen LogP contribution in [0.25, 0.3) is 33.1 Å². The molecule has 0 saturated carbocycles. The van der Waals surface area contributed by atoms with E-state index in [0.29, 0.717) is 40.7 Å². The van der Waals surface area contributed by atoms with Gasteiger partial charge in [0.15, 0.2) is 12.8 Å². The van der Waals surface area contributed by atoms with Gasteiger partial charge in [-0.25, -0.2) is 4.98 Å². The van der Waals surface area contributed by atoms with Gasteiger partial charge in [-0.1, -0.05) is 35.5 Å². The van der Waals surface area contributed by atoms with Crippen molar-refractivity contribution in [2.45, 2.75) is 33.7 Å². The van der Waals surface area contributed by atoms with E-state index in [1.165, 1.54) is 0 Å². The van der Waals surface area contributed by atoms with E-state index in [9.17, 15) is 10.1 Å². The number of ether oxygens (including phenoxy) is 1. The van der Waals surface area contributed by atoms with Crippen LogP contribution < -0.4 is 15.4 Å². The molecule has 10 heteroatoms. The van der Waals surface area contributed by atoms with Gasteiger partial charge in [0.05, 0.1) is 34.5 Å². The average Bonchev–Trinajstić information content (AvgIpc) is 3.46. The lowest BCUT2D eigenvalue weighted by Gasteiger charge is -2.19. The van der Waals surface area contributed by atoms with Gasteiger partial charge in [0, 0.05) is 17.5 Å². The highest BCUT2D eigenvalue weighted by atomic mass is 16.5. The second-order valence-corrected chi connectivity index (χ2v) is 8.93. The minimum absolute atomic E-state index is 0.149. The van der Waals surface area contributed by atoms with Crippen LogP contribution in [0.15, 0.2) is 53.2 Å². The maximum Gasteiger partial charge on any atom is 0.257 e. The summed E-state index contributed by atoms with van der Waals surface area (Å²) in [6.45, 7) is 7.95. The molecule has 5 aromatic rings. The Morgan fingerprint density at radius 3 is 2.68 bits per heavy atom. The molecule has 10 nitrogen and oxygen atoms in total. The molecule has 3 aromatic heterocycles. The largest absolute Gasteiger partial charge is 0.483 e. The zero-order chi connectivity index (χ0) is 26.8. The predicted octanol–water partition coefficient (Wildman–Crippen LogP) is 4.87. The van der Waals surface area contributed by atoms with Crippen LogP contribution in [-0.2, 0) is 4.79 Å². The average molecular weight is 510 g/mol. The number of nitrogens with zero attached hydrogens (tertiary/aromatic N) is 5. The van der Waals surface area contributed by atoms with E-state index >= 15 is 0 Å². The van der Waals surface area contributed by atoms with E-state index in [-0.39, 0.29) is 18.6 Å². The van der Waals surface area contributed by atoms with Crippen LogP contribution in [0, 0.1) is 25.3 Å². The maximum absolute atomic E-state index is 12.3. The number of aromatic nitrogens is 4. The summed E-state index contributed by atoms with van der Waals surface area (Å²) in [6.07, 6.45) is 3.69. The summed E-state index contributed by atoms with van der Waals surface area (Å²) in [5.41, 5.74) is 5.38. The van der Waals surface area contributed by atoms with Gasteiger partial charge >= 0.3 is 0 Å². The molecule has 1 amide bonds. The van der Waals surface area contributed by atoms with E-state index < -0.39 is 0 Å². The van der Waals surface area contributed by atoms with Crippen LogP contribution in [0.5, 0.6) is 5.75 Å². The highest BCUT2D eigenvalue weighted by Gasteiger charge is 2.23. The van der Waals surface area contributed by atoms with Gasteiger partial charge < -0.3 is 19.1 Å². The van der Waals surface area contributed by atoms with Crippen LogP contribution >= 0.6 is 0 Å². The van der Waals surface area contributed by atoms with Gasteiger partial charge in [-0.2, -0.15) is 5.26 Å². The molecule has 0 bridgehead atoms. The number of carbonyl (C=O) groups excluding carboxylic acids is 1.